The Morgan fingerprint density at radius 3 is 2.55 bits per heavy atom. The zero-order valence-corrected chi connectivity index (χ0v) is 11.9. The van der Waals surface area contributed by atoms with E-state index in [1.807, 2.05) is 0 Å². The lowest BCUT2D eigenvalue weighted by Crippen LogP contribution is -2.60. The zero-order chi connectivity index (χ0) is 16.3. The Kier molecular flexibility index (Phi) is 5.38. The number of hydrogen-bond acceptors (Lipinski definition) is 7. The second-order valence-corrected chi connectivity index (χ2v) is 5.10. The van der Waals surface area contributed by atoms with E-state index < -0.39 is 37.3 Å². The Morgan fingerprint density at radius 1 is 1.18 bits per heavy atom. The summed E-state index contributed by atoms with van der Waals surface area (Å²) in [6.45, 7) is 3.09. The van der Waals surface area contributed by atoms with Crippen molar-refractivity contribution in [2.75, 3.05) is 6.61 Å². The molecular formula is C15H20O7. The highest BCUT2D eigenvalue weighted by Crippen LogP contribution is 2.29. The SMILES string of the molecule is C=CCc1ccc(O)cc1O[C@@H]1O[C@H](CO)[C@@H](O)[C@H](O)[C@H]1O. The number of hydrogen-bond donors (Lipinski definition) is 5. The van der Waals surface area contributed by atoms with Crippen LogP contribution in [0.3, 0.4) is 0 Å². The van der Waals surface area contributed by atoms with Crippen molar-refractivity contribution in [2.45, 2.75) is 37.1 Å². The third kappa shape index (κ3) is 3.40. The largest absolute Gasteiger partial charge is 0.508 e. The van der Waals surface area contributed by atoms with Crippen LogP contribution in [0.25, 0.3) is 0 Å². The van der Waals surface area contributed by atoms with Crippen molar-refractivity contribution >= 4 is 0 Å². The highest BCUT2D eigenvalue weighted by molar-refractivity contribution is 5.41. The summed E-state index contributed by atoms with van der Waals surface area (Å²) in [7, 11) is 0. The summed E-state index contributed by atoms with van der Waals surface area (Å²) in [5, 5.41) is 48.1. The second-order valence-electron chi connectivity index (χ2n) is 5.10. The highest BCUT2D eigenvalue weighted by Gasteiger charge is 2.44. The van der Waals surface area contributed by atoms with Crippen molar-refractivity contribution < 1.29 is 35.0 Å². The molecule has 1 fully saturated rings. The summed E-state index contributed by atoms with van der Waals surface area (Å²) in [5.74, 6) is 0.219. The van der Waals surface area contributed by atoms with Gasteiger partial charge >= 0.3 is 0 Å². The number of aromatic hydroxyl groups is 1. The minimum atomic E-state index is -1.52. The molecule has 0 spiro atoms. The molecule has 0 bridgehead atoms. The highest BCUT2D eigenvalue weighted by atomic mass is 16.7. The summed E-state index contributed by atoms with van der Waals surface area (Å²) in [6.07, 6.45) is -4.70. The fourth-order valence-electron chi connectivity index (χ4n) is 2.27. The molecule has 0 unspecified atom stereocenters. The lowest BCUT2D eigenvalue weighted by Gasteiger charge is -2.39. The fourth-order valence-corrected chi connectivity index (χ4v) is 2.27. The maximum atomic E-state index is 9.95. The molecular weight excluding hydrogens is 292 g/mol. The van der Waals surface area contributed by atoms with Crippen LogP contribution >= 0.6 is 0 Å². The number of ether oxygens (including phenoxy) is 2. The second kappa shape index (κ2) is 7.08. The molecule has 0 radical (unpaired) electrons. The lowest BCUT2D eigenvalue weighted by molar-refractivity contribution is -0.277. The topological polar surface area (TPSA) is 120 Å². The van der Waals surface area contributed by atoms with Gasteiger partial charge in [-0.25, -0.2) is 0 Å². The molecule has 0 aliphatic carbocycles. The van der Waals surface area contributed by atoms with Gasteiger partial charge in [-0.1, -0.05) is 12.1 Å². The first-order chi connectivity index (χ1) is 10.5. The molecule has 5 N–H and O–H groups in total. The Hall–Kier alpha value is -1.64. The van der Waals surface area contributed by atoms with E-state index >= 15 is 0 Å². The van der Waals surface area contributed by atoms with E-state index in [2.05, 4.69) is 6.58 Å². The molecule has 1 heterocycles. The molecule has 0 amide bonds. The van der Waals surface area contributed by atoms with E-state index in [1.54, 1.807) is 12.1 Å². The Labute approximate surface area is 127 Å². The van der Waals surface area contributed by atoms with E-state index in [-0.39, 0.29) is 11.5 Å². The molecule has 1 aromatic carbocycles. The number of benzene rings is 1. The van der Waals surface area contributed by atoms with E-state index in [0.717, 1.165) is 0 Å². The molecule has 0 aromatic heterocycles. The van der Waals surface area contributed by atoms with E-state index in [9.17, 15) is 20.4 Å². The van der Waals surface area contributed by atoms with Crippen LogP contribution in [-0.2, 0) is 11.2 Å². The number of phenolic OH excluding ortho intramolecular Hbond substituents is 1. The van der Waals surface area contributed by atoms with E-state index in [1.165, 1.54) is 12.1 Å². The van der Waals surface area contributed by atoms with Crippen molar-refractivity contribution in [3.05, 3.63) is 36.4 Å². The molecule has 0 saturated carbocycles. The van der Waals surface area contributed by atoms with Gasteiger partial charge in [0, 0.05) is 6.07 Å². The molecule has 1 aliphatic heterocycles. The summed E-state index contributed by atoms with van der Waals surface area (Å²) >= 11 is 0. The number of allylic oxidation sites excluding steroid dienone is 1. The summed E-state index contributed by atoms with van der Waals surface area (Å²) in [6, 6.07) is 4.47. The zero-order valence-electron chi connectivity index (χ0n) is 11.9. The number of aliphatic hydroxyl groups excluding tert-OH is 4. The van der Waals surface area contributed by atoms with Crippen LogP contribution in [0, 0.1) is 0 Å². The smallest absolute Gasteiger partial charge is 0.229 e. The fraction of sp³-hybridized carbons (Fsp3) is 0.467. The van der Waals surface area contributed by atoms with Crippen molar-refractivity contribution in [3.8, 4) is 11.5 Å². The average molecular weight is 312 g/mol. The number of phenols is 1. The van der Waals surface area contributed by atoms with Gasteiger partial charge in [0.05, 0.1) is 6.61 Å². The molecule has 5 atom stereocenters. The molecule has 7 nitrogen and oxygen atoms in total. The van der Waals surface area contributed by atoms with Crippen molar-refractivity contribution in [3.63, 3.8) is 0 Å². The summed E-state index contributed by atoms with van der Waals surface area (Å²) in [5.41, 5.74) is 0.699. The van der Waals surface area contributed by atoms with Crippen LogP contribution in [0.1, 0.15) is 5.56 Å². The third-order valence-corrected chi connectivity index (χ3v) is 3.51. The summed E-state index contributed by atoms with van der Waals surface area (Å²) < 4.78 is 10.8. The van der Waals surface area contributed by atoms with Crippen LogP contribution in [0.4, 0.5) is 0 Å². The minimum Gasteiger partial charge on any atom is -0.508 e. The Morgan fingerprint density at radius 2 is 1.91 bits per heavy atom. The van der Waals surface area contributed by atoms with E-state index in [0.29, 0.717) is 12.0 Å². The van der Waals surface area contributed by atoms with Crippen molar-refractivity contribution in [1.29, 1.82) is 0 Å². The standard InChI is InChI=1S/C15H20O7/c1-2-3-8-4-5-9(17)6-10(8)21-15-14(20)13(19)12(18)11(7-16)22-15/h2,4-6,11-20H,1,3,7H2/t11-,12-,13+,14-,15-/m1/s1. The van der Waals surface area contributed by atoms with Crippen LogP contribution < -0.4 is 4.74 Å². The van der Waals surface area contributed by atoms with Crippen molar-refractivity contribution in [2.24, 2.45) is 0 Å². The van der Waals surface area contributed by atoms with Gasteiger partial charge in [0.2, 0.25) is 6.29 Å². The first-order valence-corrected chi connectivity index (χ1v) is 6.88. The first-order valence-electron chi connectivity index (χ1n) is 6.88. The number of aliphatic hydroxyl groups is 4. The van der Waals surface area contributed by atoms with Gasteiger partial charge in [0.25, 0.3) is 0 Å². The molecule has 7 heteroatoms. The Bertz CT molecular complexity index is 517. The molecule has 1 saturated heterocycles. The maximum absolute atomic E-state index is 9.95. The normalized spacial score (nSPS) is 31.7. The third-order valence-electron chi connectivity index (χ3n) is 3.51. The first kappa shape index (κ1) is 16.7. The van der Waals surface area contributed by atoms with Gasteiger partial charge in [0.15, 0.2) is 0 Å². The lowest BCUT2D eigenvalue weighted by atomic mass is 9.99. The molecule has 22 heavy (non-hydrogen) atoms. The van der Waals surface area contributed by atoms with Gasteiger partial charge in [-0.05, 0) is 18.1 Å². The maximum Gasteiger partial charge on any atom is 0.229 e. The van der Waals surface area contributed by atoms with Crippen LogP contribution in [-0.4, -0.2) is 62.8 Å². The number of rotatable bonds is 5. The monoisotopic (exact) mass is 312 g/mol. The molecule has 122 valence electrons. The quantitative estimate of drug-likeness (QED) is 0.456. The van der Waals surface area contributed by atoms with E-state index in [4.69, 9.17) is 14.6 Å². The van der Waals surface area contributed by atoms with Gasteiger partial charge in [-0.2, -0.15) is 0 Å². The van der Waals surface area contributed by atoms with Crippen LogP contribution in [0.2, 0.25) is 0 Å². The minimum absolute atomic E-state index is 0.0348. The molecule has 1 aromatic rings. The average Bonchev–Trinajstić information content (AvgIpc) is 2.50. The summed E-state index contributed by atoms with van der Waals surface area (Å²) in [4.78, 5) is 0. The molecule has 1 aliphatic rings. The predicted octanol–water partition coefficient (Wildman–Crippen LogP) is -0.701. The van der Waals surface area contributed by atoms with Gasteiger partial charge in [0.1, 0.15) is 35.9 Å². The Balaban J connectivity index is 2.22. The molecule has 2 rings (SSSR count). The van der Waals surface area contributed by atoms with Gasteiger partial charge in [-0.15, -0.1) is 6.58 Å². The van der Waals surface area contributed by atoms with Crippen molar-refractivity contribution in [1.82, 2.24) is 0 Å². The predicted molar refractivity (Wildman–Crippen MR) is 76.4 cm³/mol. The van der Waals surface area contributed by atoms with Crippen LogP contribution in [0.5, 0.6) is 11.5 Å². The van der Waals surface area contributed by atoms with Gasteiger partial charge < -0.3 is 35.0 Å². The van der Waals surface area contributed by atoms with Crippen LogP contribution in [0.15, 0.2) is 30.9 Å². The van der Waals surface area contributed by atoms with Gasteiger partial charge in [-0.3, -0.25) is 0 Å².